The van der Waals surface area contributed by atoms with Crippen molar-refractivity contribution in [2.24, 2.45) is 0 Å². The van der Waals surface area contributed by atoms with E-state index >= 15 is 0 Å². The van der Waals surface area contributed by atoms with Gasteiger partial charge < -0.3 is 4.90 Å². The summed E-state index contributed by atoms with van der Waals surface area (Å²) < 4.78 is 1.74. The molecule has 1 aromatic carbocycles. The van der Waals surface area contributed by atoms with E-state index < -0.39 is 0 Å². The Morgan fingerprint density at radius 3 is 2.71 bits per heavy atom. The van der Waals surface area contributed by atoms with Crippen LogP contribution in [-0.2, 0) is 4.79 Å². The minimum Gasteiger partial charge on any atom is -0.339 e. The van der Waals surface area contributed by atoms with Gasteiger partial charge in [-0.05, 0) is 31.9 Å². The van der Waals surface area contributed by atoms with Gasteiger partial charge in [0.15, 0.2) is 0 Å². The predicted molar refractivity (Wildman–Crippen MR) is 96.3 cm³/mol. The second-order valence-electron chi connectivity index (χ2n) is 6.07. The van der Waals surface area contributed by atoms with Crippen LogP contribution in [0.25, 0.3) is 5.69 Å². The number of nitrogens with zero attached hydrogens (tertiary/aromatic N) is 4. The molecule has 2 aromatic rings. The third kappa shape index (κ3) is 4.17. The monoisotopic (exact) mass is 344 g/mol. The Bertz CT molecular complexity index is 652. The smallest absolute Gasteiger partial charge is 0.233 e. The summed E-state index contributed by atoms with van der Waals surface area (Å²) in [5, 5.41) is 5.09. The van der Waals surface area contributed by atoms with Gasteiger partial charge in [0, 0.05) is 12.6 Å². The number of aromatic nitrogens is 3. The normalized spacial score (nSPS) is 15.4. The van der Waals surface area contributed by atoms with Crippen molar-refractivity contribution >= 4 is 17.7 Å². The van der Waals surface area contributed by atoms with Crippen LogP contribution in [-0.4, -0.2) is 43.9 Å². The van der Waals surface area contributed by atoms with Gasteiger partial charge in [-0.2, -0.15) is 0 Å². The van der Waals surface area contributed by atoms with Gasteiger partial charge in [-0.1, -0.05) is 49.2 Å². The van der Waals surface area contributed by atoms with Crippen molar-refractivity contribution < 1.29 is 4.79 Å². The van der Waals surface area contributed by atoms with Crippen molar-refractivity contribution in [1.82, 2.24) is 19.7 Å². The molecule has 0 bridgehead atoms. The molecule has 3 rings (SSSR count). The summed E-state index contributed by atoms with van der Waals surface area (Å²) >= 11 is 1.42. The molecule has 0 saturated heterocycles. The SMILES string of the molecule is CCN(C(=O)CSc1ncn(-c2ccccc2)n1)C1CCCCC1. The van der Waals surface area contributed by atoms with Gasteiger partial charge in [-0.3, -0.25) is 4.79 Å². The Morgan fingerprint density at radius 1 is 1.25 bits per heavy atom. The zero-order valence-electron chi connectivity index (χ0n) is 14.1. The van der Waals surface area contributed by atoms with Crippen molar-refractivity contribution in [3.8, 4) is 5.69 Å². The van der Waals surface area contributed by atoms with E-state index in [0.29, 0.717) is 17.0 Å². The quantitative estimate of drug-likeness (QED) is 0.752. The minimum absolute atomic E-state index is 0.200. The molecule has 0 aliphatic heterocycles. The molecule has 1 aliphatic rings. The van der Waals surface area contributed by atoms with Gasteiger partial charge in [0.1, 0.15) is 6.33 Å². The first-order valence-corrected chi connectivity index (χ1v) is 9.66. The molecular weight excluding hydrogens is 320 g/mol. The average Bonchev–Trinajstić information content (AvgIpc) is 3.11. The van der Waals surface area contributed by atoms with E-state index in [1.807, 2.05) is 35.2 Å². The molecule has 1 heterocycles. The molecule has 0 spiro atoms. The lowest BCUT2D eigenvalue weighted by Crippen LogP contribution is -2.42. The molecule has 1 saturated carbocycles. The van der Waals surface area contributed by atoms with Crippen molar-refractivity contribution in [1.29, 1.82) is 0 Å². The lowest BCUT2D eigenvalue weighted by Gasteiger charge is -2.33. The Kier molecular flexibility index (Phi) is 5.91. The van der Waals surface area contributed by atoms with Crippen LogP contribution in [0.1, 0.15) is 39.0 Å². The van der Waals surface area contributed by atoms with Gasteiger partial charge >= 0.3 is 0 Å². The van der Waals surface area contributed by atoms with Gasteiger partial charge in [0.2, 0.25) is 11.1 Å². The molecule has 1 aromatic heterocycles. The van der Waals surface area contributed by atoms with Crippen molar-refractivity contribution in [2.75, 3.05) is 12.3 Å². The van der Waals surface area contributed by atoms with Gasteiger partial charge in [0.05, 0.1) is 11.4 Å². The van der Waals surface area contributed by atoms with Crippen LogP contribution in [0, 0.1) is 0 Å². The van der Waals surface area contributed by atoms with Crippen LogP contribution in [0.4, 0.5) is 0 Å². The Balaban J connectivity index is 1.56. The standard InChI is InChI=1S/C18H24N4OS/c1-2-21(15-9-5-3-6-10-15)17(23)13-24-18-19-14-22(20-18)16-11-7-4-8-12-16/h4,7-8,11-12,14-15H,2-3,5-6,9-10,13H2,1H3. The number of amides is 1. The van der Waals surface area contributed by atoms with Crippen LogP contribution < -0.4 is 0 Å². The molecule has 128 valence electrons. The van der Waals surface area contributed by atoms with E-state index in [1.54, 1.807) is 11.0 Å². The molecule has 0 atom stereocenters. The van der Waals surface area contributed by atoms with E-state index in [-0.39, 0.29) is 5.91 Å². The van der Waals surface area contributed by atoms with Crippen molar-refractivity contribution in [3.63, 3.8) is 0 Å². The molecule has 1 fully saturated rings. The first kappa shape index (κ1) is 17.0. The lowest BCUT2D eigenvalue weighted by molar-refractivity contribution is -0.131. The fraction of sp³-hybridized carbons (Fsp3) is 0.500. The van der Waals surface area contributed by atoms with E-state index in [4.69, 9.17) is 0 Å². The zero-order chi connectivity index (χ0) is 16.8. The summed E-state index contributed by atoms with van der Waals surface area (Å²) in [5.74, 6) is 0.605. The molecule has 0 N–H and O–H groups in total. The topological polar surface area (TPSA) is 51.0 Å². The highest BCUT2D eigenvalue weighted by atomic mass is 32.2. The maximum Gasteiger partial charge on any atom is 0.233 e. The third-order valence-corrected chi connectivity index (χ3v) is 5.33. The fourth-order valence-corrected chi connectivity index (χ4v) is 3.95. The highest BCUT2D eigenvalue weighted by molar-refractivity contribution is 7.99. The Morgan fingerprint density at radius 2 is 2.00 bits per heavy atom. The minimum atomic E-state index is 0.200. The van der Waals surface area contributed by atoms with Crippen LogP contribution in [0.5, 0.6) is 0 Å². The molecule has 1 amide bonds. The van der Waals surface area contributed by atoms with Gasteiger partial charge in [0.25, 0.3) is 0 Å². The Labute approximate surface area is 147 Å². The van der Waals surface area contributed by atoms with Gasteiger partial charge in [-0.25, -0.2) is 9.67 Å². The fourth-order valence-electron chi connectivity index (χ4n) is 3.26. The number of hydrogen-bond acceptors (Lipinski definition) is 4. The number of carbonyl (C=O) groups is 1. The first-order chi connectivity index (χ1) is 11.8. The molecule has 1 aliphatic carbocycles. The second-order valence-corrected chi connectivity index (χ2v) is 7.01. The van der Waals surface area contributed by atoms with Crippen LogP contribution in [0.15, 0.2) is 41.8 Å². The number of carbonyl (C=O) groups excluding carboxylic acids is 1. The number of hydrogen-bond donors (Lipinski definition) is 0. The summed E-state index contributed by atoms with van der Waals surface area (Å²) in [7, 11) is 0. The highest BCUT2D eigenvalue weighted by Crippen LogP contribution is 2.24. The van der Waals surface area contributed by atoms with E-state index in [2.05, 4.69) is 17.0 Å². The lowest BCUT2D eigenvalue weighted by atomic mass is 9.94. The summed E-state index contributed by atoms with van der Waals surface area (Å²) in [6.45, 7) is 2.86. The highest BCUT2D eigenvalue weighted by Gasteiger charge is 2.24. The average molecular weight is 344 g/mol. The predicted octanol–water partition coefficient (Wildman–Crippen LogP) is 3.54. The van der Waals surface area contributed by atoms with Crippen LogP contribution in [0.3, 0.4) is 0 Å². The summed E-state index contributed by atoms with van der Waals surface area (Å²) in [5.41, 5.74) is 0.973. The summed E-state index contributed by atoms with van der Waals surface area (Å²) in [6.07, 6.45) is 7.77. The first-order valence-electron chi connectivity index (χ1n) is 8.67. The summed E-state index contributed by atoms with van der Waals surface area (Å²) in [4.78, 5) is 18.9. The molecular formula is C18H24N4OS. The molecule has 24 heavy (non-hydrogen) atoms. The number of para-hydroxylation sites is 1. The molecule has 5 nitrogen and oxygen atoms in total. The maximum absolute atomic E-state index is 12.6. The van der Waals surface area contributed by atoms with E-state index in [0.717, 1.165) is 25.1 Å². The molecule has 0 unspecified atom stereocenters. The molecule has 0 radical (unpaired) electrons. The second kappa shape index (κ2) is 8.33. The third-order valence-electron chi connectivity index (χ3n) is 4.49. The van der Waals surface area contributed by atoms with Crippen LogP contribution in [0.2, 0.25) is 0 Å². The van der Waals surface area contributed by atoms with Gasteiger partial charge in [-0.15, -0.1) is 5.10 Å². The number of benzene rings is 1. The number of rotatable bonds is 6. The van der Waals surface area contributed by atoms with Crippen molar-refractivity contribution in [2.45, 2.75) is 50.2 Å². The zero-order valence-corrected chi connectivity index (χ0v) is 14.9. The maximum atomic E-state index is 12.6. The summed E-state index contributed by atoms with van der Waals surface area (Å²) in [6, 6.07) is 10.3. The molecule has 6 heteroatoms. The van der Waals surface area contributed by atoms with Crippen LogP contribution >= 0.6 is 11.8 Å². The van der Waals surface area contributed by atoms with E-state index in [1.165, 1.54) is 31.0 Å². The Hall–Kier alpha value is -1.82. The number of thioether (sulfide) groups is 1. The van der Waals surface area contributed by atoms with Crippen molar-refractivity contribution in [3.05, 3.63) is 36.7 Å². The largest absolute Gasteiger partial charge is 0.339 e. The van der Waals surface area contributed by atoms with E-state index in [9.17, 15) is 4.79 Å².